The lowest BCUT2D eigenvalue weighted by Crippen LogP contribution is -2.18. The predicted octanol–water partition coefficient (Wildman–Crippen LogP) is 6.93. The number of rotatable bonds is 6. The molecular weight excluding hydrogens is 352 g/mol. The fourth-order valence-electron chi connectivity index (χ4n) is 4.47. The molecule has 0 radical (unpaired) electrons. The lowest BCUT2D eigenvalue weighted by Gasteiger charge is -2.29. The van der Waals surface area contributed by atoms with E-state index in [4.69, 9.17) is 10.8 Å². The van der Waals surface area contributed by atoms with Gasteiger partial charge in [-0.1, -0.05) is 74.5 Å². The van der Waals surface area contributed by atoms with Gasteiger partial charge in [0.25, 0.3) is 0 Å². The van der Waals surface area contributed by atoms with Gasteiger partial charge in [0.2, 0.25) is 0 Å². The Morgan fingerprint density at radius 3 is 1.41 bits per heavy atom. The summed E-state index contributed by atoms with van der Waals surface area (Å²) in [6, 6.07) is 20.9. The van der Waals surface area contributed by atoms with Gasteiger partial charge in [-0.05, 0) is 59.7 Å². The largest absolute Gasteiger partial charge is 0.307 e. The van der Waals surface area contributed by atoms with Crippen molar-refractivity contribution < 1.29 is 0 Å². The first-order valence-electron chi connectivity index (χ1n) is 10.2. The van der Waals surface area contributed by atoms with Crippen molar-refractivity contribution in [3.05, 3.63) is 105 Å². The standard InChI is InChI=1S/C27H30N2/c1-17-18(2)25(20(4)22-12-8-6-9-13-22)27(24(29)16-28)26(19(17)3)21(5)23-14-10-7-11-15-23/h6-16,20-21,28-29H,1-5H3/t20-,21-/m1/s1. The Labute approximate surface area is 174 Å². The van der Waals surface area contributed by atoms with Crippen molar-refractivity contribution >= 4 is 11.9 Å². The summed E-state index contributed by atoms with van der Waals surface area (Å²) in [5, 5.41) is 16.6. The molecule has 0 heterocycles. The first-order valence-corrected chi connectivity index (χ1v) is 10.2. The molecule has 148 valence electrons. The van der Waals surface area contributed by atoms with Crippen LogP contribution in [0.2, 0.25) is 0 Å². The first kappa shape index (κ1) is 20.7. The van der Waals surface area contributed by atoms with Crippen LogP contribution in [-0.4, -0.2) is 11.9 Å². The summed E-state index contributed by atoms with van der Waals surface area (Å²) in [5.41, 5.74) is 9.75. The van der Waals surface area contributed by atoms with Crippen LogP contribution in [0.4, 0.5) is 0 Å². The Morgan fingerprint density at radius 1 is 0.690 bits per heavy atom. The first-order chi connectivity index (χ1) is 13.9. The summed E-state index contributed by atoms with van der Waals surface area (Å²) in [4.78, 5) is 0. The molecular formula is C27H30N2. The second-order valence-corrected chi connectivity index (χ2v) is 7.90. The third kappa shape index (κ3) is 3.80. The molecule has 0 aliphatic heterocycles. The van der Waals surface area contributed by atoms with Crippen molar-refractivity contribution in [2.75, 3.05) is 0 Å². The summed E-state index contributed by atoms with van der Waals surface area (Å²) in [6.07, 6.45) is 1.19. The Bertz CT molecular complexity index is 961. The Kier molecular flexibility index (Phi) is 6.12. The molecule has 0 bridgehead atoms. The number of hydrogen-bond acceptors (Lipinski definition) is 2. The monoisotopic (exact) mass is 382 g/mol. The van der Waals surface area contributed by atoms with Crippen molar-refractivity contribution in [2.45, 2.75) is 46.5 Å². The molecule has 2 N–H and O–H groups in total. The average Bonchev–Trinajstić information content (AvgIpc) is 2.77. The maximum absolute atomic E-state index is 8.69. The zero-order valence-electron chi connectivity index (χ0n) is 18.0. The van der Waals surface area contributed by atoms with Gasteiger partial charge >= 0.3 is 0 Å². The molecule has 0 saturated carbocycles. The van der Waals surface area contributed by atoms with Crippen LogP contribution in [0, 0.1) is 31.6 Å². The van der Waals surface area contributed by atoms with E-state index >= 15 is 0 Å². The van der Waals surface area contributed by atoms with Gasteiger partial charge in [0, 0.05) is 23.6 Å². The number of nitrogens with one attached hydrogen (secondary N) is 2. The van der Waals surface area contributed by atoms with Gasteiger partial charge in [0.1, 0.15) is 0 Å². The van der Waals surface area contributed by atoms with Crippen LogP contribution in [0.25, 0.3) is 0 Å². The number of benzene rings is 3. The predicted molar refractivity (Wildman–Crippen MR) is 124 cm³/mol. The lowest BCUT2D eigenvalue weighted by molar-refractivity contribution is 0.858. The van der Waals surface area contributed by atoms with Gasteiger partial charge < -0.3 is 5.41 Å². The summed E-state index contributed by atoms with van der Waals surface area (Å²) in [6.45, 7) is 10.9. The Morgan fingerprint density at radius 2 is 1.07 bits per heavy atom. The van der Waals surface area contributed by atoms with E-state index < -0.39 is 0 Å². The van der Waals surface area contributed by atoms with Crippen LogP contribution in [0.1, 0.15) is 70.2 Å². The summed E-state index contributed by atoms with van der Waals surface area (Å²) in [5.74, 6) is 0.292. The highest BCUT2D eigenvalue weighted by Gasteiger charge is 2.27. The molecule has 2 atom stereocenters. The van der Waals surface area contributed by atoms with Crippen molar-refractivity contribution in [2.24, 2.45) is 0 Å². The highest BCUT2D eigenvalue weighted by Crippen LogP contribution is 2.40. The van der Waals surface area contributed by atoms with Gasteiger partial charge in [-0.2, -0.15) is 0 Å². The smallest absolute Gasteiger partial charge is 0.0793 e. The molecule has 0 spiro atoms. The van der Waals surface area contributed by atoms with Crippen LogP contribution in [0.15, 0.2) is 60.7 Å². The van der Waals surface area contributed by atoms with E-state index in [1.165, 1.54) is 45.2 Å². The van der Waals surface area contributed by atoms with Crippen LogP contribution in [0.5, 0.6) is 0 Å². The molecule has 2 nitrogen and oxygen atoms in total. The molecule has 0 amide bonds. The quantitative estimate of drug-likeness (QED) is 0.434. The van der Waals surface area contributed by atoms with Gasteiger partial charge in [0.05, 0.1) is 5.71 Å². The van der Waals surface area contributed by atoms with Crippen molar-refractivity contribution in [3.63, 3.8) is 0 Å². The third-order valence-electron chi connectivity index (χ3n) is 6.35. The summed E-state index contributed by atoms with van der Waals surface area (Å²) >= 11 is 0. The molecule has 3 rings (SSSR count). The van der Waals surface area contributed by atoms with Gasteiger partial charge in [0.15, 0.2) is 0 Å². The maximum atomic E-state index is 8.69. The Balaban J connectivity index is 2.35. The molecule has 29 heavy (non-hydrogen) atoms. The van der Waals surface area contributed by atoms with Gasteiger partial charge in [-0.15, -0.1) is 0 Å². The second-order valence-electron chi connectivity index (χ2n) is 7.90. The van der Waals surface area contributed by atoms with Crippen LogP contribution < -0.4 is 0 Å². The maximum Gasteiger partial charge on any atom is 0.0793 e. The third-order valence-corrected chi connectivity index (χ3v) is 6.35. The minimum Gasteiger partial charge on any atom is -0.307 e. The topological polar surface area (TPSA) is 47.7 Å². The van der Waals surface area contributed by atoms with Crippen molar-refractivity contribution in [3.8, 4) is 0 Å². The average molecular weight is 383 g/mol. The fourth-order valence-corrected chi connectivity index (χ4v) is 4.47. The molecule has 0 fully saturated rings. The van der Waals surface area contributed by atoms with E-state index in [1.54, 1.807) is 0 Å². The molecule has 0 unspecified atom stereocenters. The Hall–Kier alpha value is -3.00. The minimum atomic E-state index is 0.146. The molecule has 3 aromatic rings. The highest BCUT2D eigenvalue weighted by atomic mass is 14.5. The molecule has 0 aromatic heterocycles. The summed E-state index contributed by atoms with van der Waals surface area (Å²) in [7, 11) is 0. The fraction of sp³-hybridized carbons (Fsp3) is 0.259. The van der Waals surface area contributed by atoms with E-state index in [0.717, 1.165) is 5.56 Å². The van der Waals surface area contributed by atoms with E-state index in [2.05, 4.69) is 83.1 Å². The van der Waals surface area contributed by atoms with E-state index in [0.29, 0.717) is 0 Å². The zero-order valence-corrected chi connectivity index (χ0v) is 18.0. The molecule has 0 aliphatic rings. The minimum absolute atomic E-state index is 0.146. The lowest BCUT2D eigenvalue weighted by atomic mass is 9.75. The van der Waals surface area contributed by atoms with E-state index in [1.807, 2.05) is 12.1 Å². The van der Waals surface area contributed by atoms with E-state index in [9.17, 15) is 0 Å². The zero-order chi connectivity index (χ0) is 21.1. The van der Waals surface area contributed by atoms with Crippen molar-refractivity contribution in [1.29, 1.82) is 10.8 Å². The SMILES string of the molecule is Cc1c(C)c([C@H](C)c2ccccc2)c(C(=N)C=N)c([C@H](C)c2ccccc2)c1C. The highest BCUT2D eigenvalue weighted by molar-refractivity contribution is 6.37. The molecule has 2 heteroatoms. The normalized spacial score (nSPS) is 13.0. The molecule has 0 aliphatic carbocycles. The van der Waals surface area contributed by atoms with E-state index in [-0.39, 0.29) is 17.5 Å². The van der Waals surface area contributed by atoms with Crippen molar-refractivity contribution in [1.82, 2.24) is 0 Å². The van der Waals surface area contributed by atoms with Gasteiger partial charge in [-0.3, -0.25) is 5.41 Å². The van der Waals surface area contributed by atoms with Crippen LogP contribution >= 0.6 is 0 Å². The number of hydrogen-bond donors (Lipinski definition) is 2. The summed E-state index contributed by atoms with van der Waals surface area (Å²) < 4.78 is 0. The van der Waals surface area contributed by atoms with Crippen LogP contribution in [-0.2, 0) is 0 Å². The molecule has 3 aromatic carbocycles. The van der Waals surface area contributed by atoms with Crippen LogP contribution in [0.3, 0.4) is 0 Å². The second kappa shape index (κ2) is 8.57. The molecule has 0 saturated heterocycles. The van der Waals surface area contributed by atoms with Gasteiger partial charge in [-0.25, -0.2) is 0 Å².